The van der Waals surface area contributed by atoms with E-state index in [-0.39, 0.29) is 0 Å². The van der Waals surface area contributed by atoms with Crippen molar-refractivity contribution in [2.24, 2.45) is 0 Å². The van der Waals surface area contributed by atoms with Gasteiger partial charge < -0.3 is 18.0 Å². The third-order valence-corrected chi connectivity index (χ3v) is 4.94. The largest absolute Gasteiger partial charge is 0.598 e. The van der Waals surface area contributed by atoms with E-state index >= 15 is 0 Å². The lowest BCUT2D eigenvalue weighted by Gasteiger charge is -2.37. The first kappa shape index (κ1) is 11.1. The van der Waals surface area contributed by atoms with Crippen LogP contribution in [0, 0.1) is 0 Å². The zero-order chi connectivity index (χ0) is 9.73. The standard InChI is InChI=1S/C7H17NO4Si/c1-9-13(10-2,11-3)8-4-6-12-7-5-8/h4-7H2,1-3H3. The van der Waals surface area contributed by atoms with Crippen LogP contribution in [0.4, 0.5) is 0 Å². The highest BCUT2D eigenvalue weighted by atomic mass is 28.4. The molecule has 1 aliphatic heterocycles. The number of hydrogen-bond acceptors (Lipinski definition) is 5. The van der Waals surface area contributed by atoms with E-state index in [0.717, 1.165) is 13.1 Å². The van der Waals surface area contributed by atoms with Crippen molar-refractivity contribution >= 4 is 8.97 Å². The average molecular weight is 207 g/mol. The van der Waals surface area contributed by atoms with Crippen LogP contribution < -0.4 is 0 Å². The molecule has 0 aromatic rings. The third-order valence-electron chi connectivity index (χ3n) is 2.17. The van der Waals surface area contributed by atoms with Gasteiger partial charge in [0.2, 0.25) is 0 Å². The van der Waals surface area contributed by atoms with Crippen LogP contribution in [0.1, 0.15) is 0 Å². The predicted octanol–water partition coefficient (Wildman–Crippen LogP) is -0.307. The molecule has 1 aliphatic rings. The van der Waals surface area contributed by atoms with Crippen molar-refractivity contribution in [3.05, 3.63) is 0 Å². The molecule has 6 heteroatoms. The monoisotopic (exact) mass is 207 g/mol. The number of morpholine rings is 1. The van der Waals surface area contributed by atoms with Gasteiger partial charge in [0.05, 0.1) is 13.2 Å². The quantitative estimate of drug-likeness (QED) is 0.592. The molecule has 13 heavy (non-hydrogen) atoms. The summed E-state index contributed by atoms with van der Waals surface area (Å²) >= 11 is 0. The lowest BCUT2D eigenvalue weighted by molar-refractivity contribution is 0.00153. The zero-order valence-electron chi connectivity index (χ0n) is 8.41. The molecular weight excluding hydrogens is 190 g/mol. The Hall–Kier alpha value is 0.0169. The van der Waals surface area contributed by atoms with E-state index in [1.54, 1.807) is 21.3 Å². The first-order valence-corrected chi connectivity index (χ1v) is 5.94. The molecule has 78 valence electrons. The minimum Gasteiger partial charge on any atom is -0.379 e. The van der Waals surface area contributed by atoms with E-state index in [1.807, 2.05) is 0 Å². The Balaban J connectivity index is 2.60. The summed E-state index contributed by atoms with van der Waals surface area (Å²) in [6.45, 7) is 3.04. The van der Waals surface area contributed by atoms with Crippen molar-refractivity contribution in [2.45, 2.75) is 0 Å². The minimum absolute atomic E-state index is 0.713. The Morgan fingerprint density at radius 3 is 1.85 bits per heavy atom. The first-order chi connectivity index (χ1) is 6.29. The number of hydrogen-bond donors (Lipinski definition) is 0. The summed E-state index contributed by atoms with van der Waals surface area (Å²) in [6, 6.07) is 0. The fourth-order valence-corrected chi connectivity index (χ4v) is 3.48. The maximum Gasteiger partial charge on any atom is 0.598 e. The summed E-state index contributed by atoms with van der Waals surface area (Å²) in [5.74, 6) is 0. The molecule has 1 heterocycles. The maximum absolute atomic E-state index is 5.34. The Labute approximate surface area is 80.0 Å². The second-order valence-electron chi connectivity index (χ2n) is 2.74. The van der Waals surface area contributed by atoms with Gasteiger partial charge in [0, 0.05) is 34.4 Å². The fraction of sp³-hybridized carbons (Fsp3) is 1.00. The fourth-order valence-electron chi connectivity index (χ4n) is 1.47. The Kier molecular flexibility index (Phi) is 4.30. The molecule has 1 fully saturated rings. The smallest absolute Gasteiger partial charge is 0.379 e. The maximum atomic E-state index is 5.34. The molecule has 0 aromatic carbocycles. The van der Waals surface area contributed by atoms with Gasteiger partial charge in [-0.3, -0.25) is 4.57 Å². The summed E-state index contributed by atoms with van der Waals surface area (Å²) in [7, 11) is 2.30. The lowest BCUT2D eigenvalue weighted by atomic mass is 10.5. The van der Waals surface area contributed by atoms with E-state index in [2.05, 4.69) is 4.57 Å². The molecule has 0 radical (unpaired) electrons. The van der Waals surface area contributed by atoms with Crippen LogP contribution in [-0.2, 0) is 18.0 Å². The Morgan fingerprint density at radius 1 is 1.00 bits per heavy atom. The van der Waals surface area contributed by atoms with Crippen molar-refractivity contribution in [3.8, 4) is 0 Å². The van der Waals surface area contributed by atoms with Gasteiger partial charge in [0.25, 0.3) is 0 Å². The van der Waals surface area contributed by atoms with Crippen LogP contribution in [0.25, 0.3) is 0 Å². The van der Waals surface area contributed by atoms with E-state index in [9.17, 15) is 0 Å². The van der Waals surface area contributed by atoms with Gasteiger partial charge in [-0.05, 0) is 0 Å². The summed E-state index contributed by atoms with van der Waals surface area (Å²) in [4.78, 5) is 0. The van der Waals surface area contributed by atoms with Crippen LogP contribution in [0.3, 0.4) is 0 Å². The molecule has 0 amide bonds. The number of nitrogens with zero attached hydrogens (tertiary/aromatic N) is 1. The van der Waals surface area contributed by atoms with Crippen LogP contribution in [0.15, 0.2) is 0 Å². The van der Waals surface area contributed by atoms with Crippen molar-refractivity contribution in [2.75, 3.05) is 47.6 Å². The Bertz CT molecular complexity index is 139. The van der Waals surface area contributed by atoms with Crippen LogP contribution >= 0.6 is 0 Å². The van der Waals surface area contributed by atoms with Crippen molar-refractivity contribution in [1.82, 2.24) is 4.57 Å². The summed E-state index contributed by atoms with van der Waals surface area (Å²) in [5, 5.41) is 0. The third kappa shape index (κ3) is 2.28. The number of rotatable bonds is 4. The van der Waals surface area contributed by atoms with E-state index in [1.165, 1.54) is 0 Å². The van der Waals surface area contributed by atoms with Gasteiger partial charge in [-0.25, -0.2) is 0 Å². The van der Waals surface area contributed by atoms with Crippen molar-refractivity contribution in [1.29, 1.82) is 0 Å². The molecule has 0 N–H and O–H groups in total. The second kappa shape index (κ2) is 5.04. The Morgan fingerprint density at radius 2 is 1.46 bits per heavy atom. The molecule has 1 saturated heterocycles. The van der Waals surface area contributed by atoms with Crippen molar-refractivity contribution in [3.63, 3.8) is 0 Å². The molecule has 1 rings (SSSR count). The van der Waals surface area contributed by atoms with Crippen LogP contribution in [0.5, 0.6) is 0 Å². The molecule has 5 nitrogen and oxygen atoms in total. The predicted molar refractivity (Wildman–Crippen MR) is 49.2 cm³/mol. The minimum atomic E-state index is -2.56. The van der Waals surface area contributed by atoms with Gasteiger partial charge in [-0.2, -0.15) is 0 Å². The van der Waals surface area contributed by atoms with E-state index in [0.29, 0.717) is 13.2 Å². The SMILES string of the molecule is CO[Si](OC)(OC)N1CCOCC1. The van der Waals surface area contributed by atoms with Gasteiger partial charge in [-0.15, -0.1) is 0 Å². The molecule has 0 unspecified atom stereocenters. The van der Waals surface area contributed by atoms with Crippen LogP contribution in [-0.4, -0.2) is 61.2 Å². The topological polar surface area (TPSA) is 40.2 Å². The highest BCUT2D eigenvalue weighted by molar-refractivity contribution is 6.57. The summed E-state index contributed by atoms with van der Waals surface area (Å²) in [6.07, 6.45) is 0. The second-order valence-corrected chi connectivity index (χ2v) is 5.64. The van der Waals surface area contributed by atoms with Gasteiger partial charge >= 0.3 is 8.97 Å². The van der Waals surface area contributed by atoms with Gasteiger partial charge in [0.1, 0.15) is 0 Å². The van der Waals surface area contributed by atoms with Gasteiger partial charge in [-0.1, -0.05) is 0 Å². The highest BCUT2D eigenvalue weighted by Gasteiger charge is 2.46. The van der Waals surface area contributed by atoms with E-state index < -0.39 is 8.97 Å². The molecule has 0 bridgehead atoms. The average Bonchev–Trinajstić information content (AvgIpc) is 2.23. The molecule has 0 saturated carbocycles. The molecular formula is C7H17NO4Si. The molecule has 0 aromatic heterocycles. The molecule has 0 aliphatic carbocycles. The normalized spacial score (nSPS) is 20.5. The van der Waals surface area contributed by atoms with E-state index in [4.69, 9.17) is 18.0 Å². The van der Waals surface area contributed by atoms with Crippen molar-refractivity contribution < 1.29 is 18.0 Å². The number of ether oxygens (including phenoxy) is 1. The summed E-state index contributed by atoms with van der Waals surface area (Å²) < 4.78 is 23.4. The highest BCUT2D eigenvalue weighted by Crippen LogP contribution is 2.14. The lowest BCUT2D eigenvalue weighted by Crippen LogP contribution is -2.62. The van der Waals surface area contributed by atoms with Gasteiger partial charge in [0.15, 0.2) is 0 Å². The first-order valence-electron chi connectivity index (χ1n) is 4.27. The molecule has 0 atom stereocenters. The zero-order valence-corrected chi connectivity index (χ0v) is 9.41. The van der Waals surface area contributed by atoms with Crippen LogP contribution in [0.2, 0.25) is 0 Å². The molecule has 0 spiro atoms. The summed E-state index contributed by atoms with van der Waals surface area (Å²) in [5.41, 5.74) is 0.